The van der Waals surface area contributed by atoms with Gasteiger partial charge in [-0.1, -0.05) is 13.8 Å². The Labute approximate surface area is 174 Å². The number of nitrogens with zero attached hydrogens (tertiary/aromatic N) is 2. The highest BCUT2D eigenvalue weighted by Gasteiger charge is 2.25. The molecule has 1 unspecified atom stereocenters. The van der Waals surface area contributed by atoms with Crippen LogP contribution in [0.3, 0.4) is 0 Å². The molecule has 1 aliphatic rings. The Kier molecular flexibility index (Phi) is 12.0. The third-order valence-electron chi connectivity index (χ3n) is 4.21. The van der Waals surface area contributed by atoms with Crippen LogP contribution in [-0.2, 0) is 15.9 Å². The van der Waals surface area contributed by atoms with Crippen LogP contribution >= 0.6 is 24.0 Å². The Morgan fingerprint density at radius 1 is 1.42 bits per heavy atom. The number of furan rings is 1. The molecule has 1 N–H and O–H groups in total. The number of aliphatic imine (C=N–C) groups is 1. The standard InChI is InChI=1S/C19H33N3O3.HI/c1-16(2)13-21-19(20-8-6-18-5-4-10-25-18)22-9-7-17(14-22)15-24-12-11-23-3;/h4-5,10,16-17H,6-9,11-15H2,1-3H3,(H,20,21);1H. The number of ether oxygens (including phenoxy) is 2. The van der Waals surface area contributed by atoms with Crippen LogP contribution < -0.4 is 5.32 Å². The Morgan fingerprint density at radius 2 is 2.27 bits per heavy atom. The number of likely N-dealkylation sites (tertiary alicyclic amines) is 1. The Balaban J connectivity index is 0.00000338. The van der Waals surface area contributed by atoms with Gasteiger partial charge in [0.25, 0.3) is 0 Å². The third kappa shape index (κ3) is 8.73. The Morgan fingerprint density at radius 3 is 2.96 bits per heavy atom. The van der Waals surface area contributed by atoms with E-state index in [-0.39, 0.29) is 24.0 Å². The lowest BCUT2D eigenvalue weighted by Crippen LogP contribution is -2.41. The van der Waals surface area contributed by atoms with E-state index in [1.54, 1.807) is 13.4 Å². The molecule has 1 atom stereocenters. The van der Waals surface area contributed by atoms with Gasteiger partial charge in [0.1, 0.15) is 5.76 Å². The minimum atomic E-state index is 0. The fraction of sp³-hybridized carbons (Fsp3) is 0.737. The topological polar surface area (TPSA) is 59.2 Å². The van der Waals surface area contributed by atoms with Crippen molar-refractivity contribution in [2.45, 2.75) is 26.7 Å². The van der Waals surface area contributed by atoms with Crippen LogP contribution in [-0.4, -0.2) is 64.0 Å². The maximum atomic E-state index is 5.69. The van der Waals surface area contributed by atoms with E-state index in [1.165, 1.54) is 0 Å². The predicted octanol–water partition coefficient (Wildman–Crippen LogP) is 3.03. The van der Waals surface area contributed by atoms with Gasteiger partial charge in [0.15, 0.2) is 5.96 Å². The normalized spacial score (nSPS) is 17.6. The second-order valence-corrected chi connectivity index (χ2v) is 6.98. The van der Waals surface area contributed by atoms with Crippen molar-refractivity contribution < 1.29 is 13.9 Å². The van der Waals surface area contributed by atoms with Crippen molar-refractivity contribution in [2.75, 3.05) is 53.1 Å². The van der Waals surface area contributed by atoms with Gasteiger partial charge >= 0.3 is 0 Å². The molecule has 1 aliphatic heterocycles. The quantitative estimate of drug-likeness (QED) is 0.242. The lowest BCUT2D eigenvalue weighted by atomic mass is 10.1. The van der Waals surface area contributed by atoms with Crippen LogP contribution in [0.4, 0.5) is 0 Å². The third-order valence-corrected chi connectivity index (χ3v) is 4.21. The van der Waals surface area contributed by atoms with Crippen molar-refractivity contribution in [3.63, 3.8) is 0 Å². The molecule has 0 saturated carbocycles. The van der Waals surface area contributed by atoms with E-state index in [0.717, 1.165) is 57.3 Å². The first-order chi connectivity index (χ1) is 12.2. The van der Waals surface area contributed by atoms with Crippen LogP contribution in [0.15, 0.2) is 27.8 Å². The SMILES string of the molecule is COCCOCC1CCN(C(=NCC(C)C)NCCc2ccco2)C1.I. The fourth-order valence-corrected chi connectivity index (χ4v) is 2.84. The van der Waals surface area contributed by atoms with Crippen LogP contribution in [0.25, 0.3) is 0 Å². The highest BCUT2D eigenvalue weighted by atomic mass is 127. The molecular formula is C19H34IN3O3. The van der Waals surface area contributed by atoms with Crippen LogP contribution in [0.2, 0.25) is 0 Å². The number of hydrogen-bond acceptors (Lipinski definition) is 4. The average Bonchev–Trinajstić information content (AvgIpc) is 3.26. The van der Waals surface area contributed by atoms with Crippen molar-refractivity contribution in [3.8, 4) is 0 Å². The van der Waals surface area contributed by atoms with E-state index >= 15 is 0 Å². The van der Waals surface area contributed by atoms with Crippen LogP contribution in [0.1, 0.15) is 26.0 Å². The summed E-state index contributed by atoms with van der Waals surface area (Å²) in [4.78, 5) is 7.16. The maximum absolute atomic E-state index is 5.69. The Bertz CT molecular complexity index is 494. The van der Waals surface area contributed by atoms with Crippen molar-refractivity contribution in [1.82, 2.24) is 10.2 Å². The van der Waals surface area contributed by atoms with Gasteiger partial charge in [0, 0.05) is 45.6 Å². The first-order valence-corrected chi connectivity index (χ1v) is 9.31. The molecule has 0 bridgehead atoms. The Hall–Kier alpha value is -0.800. The van der Waals surface area contributed by atoms with Crippen molar-refractivity contribution in [3.05, 3.63) is 24.2 Å². The lowest BCUT2D eigenvalue weighted by Gasteiger charge is -2.22. The van der Waals surface area contributed by atoms with Gasteiger partial charge in [-0.2, -0.15) is 0 Å². The zero-order valence-electron chi connectivity index (χ0n) is 16.3. The zero-order chi connectivity index (χ0) is 17.9. The molecule has 1 aromatic heterocycles. The second kappa shape index (κ2) is 13.4. The smallest absolute Gasteiger partial charge is 0.193 e. The number of nitrogens with one attached hydrogen (secondary N) is 1. The maximum Gasteiger partial charge on any atom is 0.193 e. The highest BCUT2D eigenvalue weighted by Crippen LogP contribution is 2.17. The average molecular weight is 479 g/mol. The molecule has 2 heterocycles. The number of rotatable bonds is 10. The van der Waals surface area contributed by atoms with Gasteiger partial charge in [-0.3, -0.25) is 4.99 Å². The summed E-state index contributed by atoms with van der Waals surface area (Å²) in [5.41, 5.74) is 0. The van der Waals surface area contributed by atoms with Crippen molar-refractivity contribution >= 4 is 29.9 Å². The summed E-state index contributed by atoms with van der Waals surface area (Å²) < 4.78 is 16.1. The van der Waals surface area contributed by atoms with E-state index in [0.29, 0.717) is 25.0 Å². The fourth-order valence-electron chi connectivity index (χ4n) is 2.84. The molecule has 1 aromatic rings. The summed E-state index contributed by atoms with van der Waals surface area (Å²) in [6, 6.07) is 3.94. The summed E-state index contributed by atoms with van der Waals surface area (Å²) in [6.07, 6.45) is 3.73. The van der Waals surface area contributed by atoms with E-state index in [4.69, 9.17) is 18.9 Å². The lowest BCUT2D eigenvalue weighted by molar-refractivity contribution is 0.0536. The number of methoxy groups -OCH3 is 1. The molecule has 1 saturated heterocycles. The molecule has 7 heteroatoms. The van der Waals surface area contributed by atoms with Crippen LogP contribution in [0, 0.1) is 11.8 Å². The zero-order valence-corrected chi connectivity index (χ0v) is 18.6. The molecule has 1 fully saturated rings. The second-order valence-electron chi connectivity index (χ2n) is 6.98. The van der Waals surface area contributed by atoms with Gasteiger partial charge < -0.3 is 24.1 Å². The first-order valence-electron chi connectivity index (χ1n) is 9.31. The number of guanidine groups is 1. The van der Waals surface area contributed by atoms with Gasteiger partial charge in [0.2, 0.25) is 0 Å². The van der Waals surface area contributed by atoms with Crippen molar-refractivity contribution in [1.29, 1.82) is 0 Å². The molecule has 6 nitrogen and oxygen atoms in total. The summed E-state index contributed by atoms with van der Waals surface area (Å²) in [5, 5.41) is 3.51. The summed E-state index contributed by atoms with van der Waals surface area (Å²) in [7, 11) is 1.70. The molecular weight excluding hydrogens is 445 g/mol. The van der Waals surface area contributed by atoms with E-state index in [2.05, 4.69) is 24.1 Å². The minimum Gasteiger partial charge on any atom is -0.469 e. The monoisotopic (exact) mass is 479 g/mol. The molecule has 0 amide bonds. The van der Waals surface area contributed by atoms with E-state index < -0.39 is 0 Å². The van der Waals surface area contributed by atoms with Gasteiger partial charge in [0.05, 0.1) is 26.1 Å². The summed E-state index contributed by atoms with van der Waals surface area (Å²) >= 11 is 0. The van der Waals surface area contributed by atoms with Gasteiger partial charge in [-0.05, 0) is 24.5 Å². The highest BCUT2D eigenvalue weighted by molar-refractivity contribution is 14.0. The van der Waals surface area contributed by atoms with Crippen LogP contribution in [0.5, 0.6) is 0 Å². The van der Waals surface area contributed by atoms with Gasteiger partial charge in [-0.15, -0.1) is 24.0 Å². The molecule has 0 aromatic carbocycles. The van der Waals surface area contributed by atoms with Crippen molar-refractivity contribution in [2.24, 2.45) is 16.8 Å². The molecule has 150 valence electrons. The first kappa shape index (κ1) is 23.2. The molecule has 2 rings (SSSR count). The number of hydrogen-bond donors (Lipinski definition) is 1. The largest absolute Gasteiger partial charge is 0.469 e. The number of halogens is 1. The van der Waals surface area contributed by atoms with Gasteiger partial charge in [-0.25, -0.2) is 0 Å². The molecule has 0 radical (unpaired) electrons. The molecule has 26 heavy (non-hydrogen) atoms. The summed E-state index contributed by atoms with van der Waals surface area (Å²) in [5.74, 6) is 3.13. The molecule has 0 aliphatic carbocycles. The predicted molar refractivity (Wildman–Crippen MR) is 115 cm³/mol. The molecule has 0 spiro atoms. The summed E-state index contributed by atoms with van der Waals surface area (Å²) in [6.45, 7) is 10.2. The minimum absolute atomic E-state index is 0. The van der Waals surface area contributed by atoms with E-state index in [9.17, 15) is 0 Å². The van der Waals surface area contributed by atoms with E-state index in [1.807, 2.05) is 12.1 Å².